The number of hydrogen-bond acceptors (Lipinski definition) is 7. The van der Waals surface area contributed by atoms with Crippen LogP contribution in [0.5, 0.6) is 0 Å². The molecule has 0 aromatic carbocycles. The fraction of sp³-hybridized carbons (Fsp3) is 0.852. The third kappa shape index (κ3) is 13.9. The molecule has 4 unspecified atom stereocenters. The molecule has 0 saturated carbocycles. The lowest BCUT2D eigenvalue weighted by atomic mass is 9.71. The number of aliphatic hydroxyl groups excluding tert-OH is 2. The zero-order chi connectivity index (χ0) is 28.3. The fourth-order valence-electron chi connectivity index (χ4n) is 4.80. The molecule has 0 aromatic heterocycles. The molecule has 10 nitrogen and oxygen atoms in total. The van der Waals surface area contributed by atoms with E-state index >= 15 is 0 Å². The Kier molecular flexibility index (Phi) is 18.9. The molecule has 6 N–H and O–H groups in total. The topological polar surface area (TPSA) is 190 Å². The zero-order valence-corrected chi connectivity index (χ0v) is 22.3. The van der Waals surface area contributed by atoms with E-state index < -0.39 is 60.3 Å². The molecule has 0 aliphatic rings. The van der Waals surface area contributed by atoms with Gasteiger partial charge >= 0.3 is 17.9 Å². The third-order valence-corrected chi connectivity index (χ3v) is 6.96. The molecule has 4 atom stereocenters. The largest absolute Gasteiger partial charge is 0.481 e. The van der Waals surface area contributed by atoms with E-state index in [2.05, 4.69) is 6.92 Å². The van der Waals surface area contributed by atoms with Gasteiger partial charge in [-0.1, -0.05) is 103 Å². The van der Waals surface area contributed by atoms with Crippen LogP contribution in [-0.2, 0) is 19.2 Å². The normalized spacial score (nSPS) is 15.5. The second-order valence-corrected chi connectivity index (χ2v) is 10.1. The predicted molar refractivity (Wildman–Crippen MR) is 137 cm³/mol. The Bertz CT molecular complexity index is 680. The lowest BCUT2D eigenvalue weighted by Gasteiger charge is -2.34. The van der Waals surface area contributed by atoms with Crippen molar-refractivity contribution in [2.45, 2.75) is 128 Å². The summed E-state index contributed by atoms with van der Waals surface area (Å²) in [7, 11) is 0. The molecule has 0 rings (SSSR count). The van der Waals surface area contributed by atoms with E-state index in [-0.39, 0.29) is 6.42 Å². The summed E-state index contributed by atoms with van der Waals surface area (Å²) >= 11 is 0. The van der Waals surface area contributed by atoms with Crippen LogP contribution >= 0.6 is 0 Å². The van der Waals surface area contributed by atoms with Gasteiger partial charge in [0.25, 0.3) is 0 Å². The highest BCUT2D eigenvalue weighted by molar-refractivity contribution is 5.95. The highest BCUT2D eigenvalue weighted by atomic mass is 16.4. The minimum absolute atomic E-state index is 0.166. The lowest BCUT2D eigenvalue weighted by Crippen LogP contribution is -2.56. The minimum atomic E-state index is -3.26. The number of unbranched alkanes of at least 4 members (excludes halogenated alkanes) is 14. The van der Waals surface area contributed by atoms with Gasteiger partial charge in [0, 0.05) is 5.92 Å². The van der Waals surface area contributed by atoms with Crippen molar-refractivity contribution in [3.63, 3.8) is 0 Å². The van der Waals surface area contributed by atoms with Crippen LogP contribution in [0.15, 0.2) is 0 Å². The van der Waals surface area contributed by atoms with Crippen molar-refractivity contribution >= 4 is 23.7 Å². The number of aliphatic carboxylic acids is 3. The second-order valence-electron chi connectivity index (χ2n) is 10.1. The average molecular weight is 533 g/mol. The van der Waals surface area contributed by atoms with Crippen LogP contribution in [0.3, 0.4) is 0 Å². The number of carboxylic acids is 3. The van der Waals surface area contributed by atoms with Crippen LogP contribution in [0, 0.1) is 11.8 Å². The maximum Gasteiger partial charge on any atom is 0.337 e. The number of aliphatic hydroxyl groups is 3. The van der Waals surface area contributed by atoms with Crippen LogP contribution in [0.25, 0.3) is 0 Å². The van der Waals surface area contributed by atoms with Gasteiger partial charge in [-0.2, -0.15) is 0 Å². The summed E-state index contributed by atoms with van der Waals surface area (Å²) in [5.74, 6) is -10.8. The van der Waals surface area contributed by atoms with E-state index in [1.54, 1.807) is 0 Å². The summed E-state index contributed by atoms with van der Waals surface area (Å²) < 4.78 is 0. The molecule has 0 aromatic rings. The maximum atomic E-state index is 12.6. The highest BCUT2D eigenvalue weighted by Crippen LogP contribution is 2.34. The van der Waals surface area contributed by atoms with Gasteiger partial charge in [-0.25, -0.2) is 4.79 Å². The van der Waals surface area contributed by atoms with E-state index in [4.69, 9.17) is 10.2 Å². The van der Waals surface area contributed by atoms with E-state index in [1.165, 1.54) is 57.8 Å². The van der Waals surface area contributed by atoms with Crippen molar-refractivity contribution in [3.8, 4) is 0 Å². The molecule has 37 heavy (non-hydrogen) atoms. The molecule has 0 heterocycles. The second kappa shape index (κ2) is 20.0. The van der Waals surface area contributed by atoms with Crippen molar-refractivity contribution in [1.82, 2.24) is 0 Å². The summed E-state index contributed by atoms with van der Waals surface area (Å²) in [6.07, 6.45) is 12.8. The van der Waals surface area contributed by atoms with Crippen LogP contribution in [0.4, 0.5) is 0 Å². The summed E-state index contributed by atoms with van der Waals surface area (Å²) in [6.45, 7) is 1.20. The average Bonchev–Trinajstić information content (AvgIpc) is 2.83. The van der Waals surface area contributed by atoms with Gasteiger partial charge in [0.05, 0.1) is 13.0 Å². The Morgan fingerprint density at radius 1 is 0.703 bits per heavy atom. The molecule has 0 spiro atoms. The quantitative estimate of drug-likeness (QED) is 0.0943. The van der Waals surface area contributed by atoms with Crippen molar-refractivity contribution < 1.29 is 49.8 Å². The molecule has 0 aliphatic heterocycles. The van der Waals surface area contributed by atoms with Crippen LogP contribution in [0.2, 0.25) is 0 Å². The summed E-state index contributed by atoms with van der Waals surface area (Å²) in [6, 6.07) is 0. The van der Waals surface area contributed by atoms with Crippen molar-refractivity contribution in [2.75, 3.05) is 6.61 Å². The van der Waals surface area contributed by atoms with Crippen molar-refractivity contribution in [1.29, 1.82) is 0 Å². The summed E-state index contributed by atoms with van der Waals surface area (Å²) in [5, 5.41) is 57.6. The Balaban J connectivity index is 4.70. The van der Waals surface area contributed by atoms with Crippen molar-refractivity contribution in [3.05, 3.63) is 0 Å². The monoisotopic (exact) mass is 532 g/mol. The van der Waals surface area contributed by atoms with Gasteiger partial charge < -0.3 is 30.6 Å². The smallest absolute Gasteiger partial charge is 0.337 e. The van der Waals surface area contributed by atoms with E-state index in [9.17, 15) is 39.6 Å². The van der Waals surface area contributed by atoms with Gasteiger partial charge in [-0.3, -0.25) is 14.4 Å². The fourth-order valence-corrected chi connectivity index (χ4v) is 4.80. The van der Waals surface area contributed by atoms with Gasteiger partial charge in [0.2, 0.25) is 0 Å². The molecular weight excluding hydrogens is 484 g/mol. The number of Topliss-reactive ketones (excluding diaryl/α,β-unsaturated/α-hetero) is 1. The van der Waals surface area contributed by atoms with Gasteiger partial charge in [0.1, 0.15) is 12.0 Å². The lowest BCUT2D eigenvalue weighted by molar-refractivity contribution is -0.184. The number of carbonyl (C=O) groups excluding carboxylic acids is 1. The number of rotatable bonds is 25. The van der Waals surface area contributed by atoms with Gasteiger partial charge in [-0.05, 0) is 6.42 Å². The number of ketones is 1. The van der Waals surface area contributed by atoms with Gasteiger partial charge in [0.15, 0.2) is 11.4 Å². The number of carboxylic acid groups (broad SMARTS) is 3. The number of carbonyl (C=O) groups is 4. The molecule has 0 amide bonds. The van der Waals surface area contributed by atoms with Crippen LogP contribution in [0.1, 0.15) is 116 Å². The molecule has 0 bridgehead atoms. The predicted octanol–water partition coefficient (Wildman–Crippen LogP) is 3.78. The maximum absolute atomic E-state index is 12.6. The minimum Gasteiger partial charge on any atom is -0.481 e. The first-order valence-electron chi connectivity index (χ1n) is 13.8. The first-order chi connectivity index (χ1) is 17.5. The molecule has 0 aliphatic carbocycles. The van der Waals surface area contributed by atoms with Crippen LogP contribution in [-0.4, -0.2) is 72.6 Å². The molecule has 0 fully saturated rings. The van der Waals surface area contributed by atoms with E-state index in [0.717, 1.165) is 25.7 Å². The standard InChI is InChI=1S/C27H48O10/c1-2-3-4-5-6-7-8-9-10-11-12-13-14-15-16-17-20(24(32)21(29)19-28)23(25(33)34)27(37,26(35)36)18-22(30)31/h20-21,23,28-29,37H,2-19H2,1H3,(H,30,31)(H,33,34)(H,35,36). The Morgan fingerprint density at radius 3 is 1.43 bits per heavy atom. The first-order valence-corrected chi connectivity index (χ1v) is 13.8. The van der Waals surface area contributed by atoms with Crippen molar-refractivity contribution in [2.24, 2.45) is 11.8 Å². The molecule has 216 valence electrons. The first kappa shape index (κ1) is 35.0. The summed E-state index contributed by atoms with van der Waals surface area (Å²) in [5.41, 5.74) is -3.26. The SMILES string of the molecule is CCCCCCCCCCCCCCCCCC(C(=O)C(O)CO)C(C(=O)O)C(O)(CC(=O)O)C(=O)O. The Morgan fingerprint density at radius 2 is 1.11 bits per heavy atom. The molecule has 10 heteroatoms. The molecular formula is C27H48O10. The summed E-state index contributed by atoms with van der Waals surface area (Å²) in [4.78, 5) is 47.4. The Hall–Kier alpha value is -2.04. The van der Waals surface area contributed by atoms with Gasteiger partial charge in [-0.15, -0.1) is 0 Å². The number of hydrogen-bond donors (Lipinski definition) is 6. The van der Waals surface area contributed by atoms with E-state index in [1.807, 2.05) is 0 Å². The van der Waals surface area contributed by atoms with E-state index in [0.29, 0.717) is 12.8 Å². The molecule has 0 saturated heterocycles. The zero-order valence-electron chi connectivity index (χ0n) is 22.3. The molecule has 0 radical (unpaired) electrons. The Labute approximate surface area is 220 Å². The third-order valence-electron chi connectivity index (χ3n) is 6.96. The van der Waals surface area contributed by atoms with Crippen LogP contribution < -0.4 is 0 Å². The highest BCUT2D eigenvalue weighted by Gasteiger charge is 2.55.